The van der Waals surface area contributed by atoms with Gasteiger partial charge >= 0.3 is 12.1 Å². The molecule has 6 heteroatoms. The highest BCUT2D eigenvalue weighted by Crippen LogP contribution is 2.39. The Kier molecular flexibility index (Phi) is 4.73. The summed E-state index contributed by atoms with van der Waals surface area (Å²) in [5, 5.41) is 6.21. The van der Waals surface area contributed by atoms with Crippen LogP contribution in [0.3, 0.4) is 0 Å². The molecule has 0 aliphatic carbocycles. The molecule has 2 heterocycles. The van der Waals surface area contributed by atoms with Gasteiger partial charge in [0.15, 0.2) is 0 Å². The van der Waals surface area contributed by atoms with E-state index < -0.39 is 17.2 Å². The Hall–Kier alpha value is -2.08. The zero-order chi connectivity index (χ0) is 18.1. The molecule has 2 fully saturated rings. The van der Waals surface area contributed by atoms with E-state index in [0.717, 1.165) is 12.0 Å². The van der Waals surface area contributed by atoms with E-state index in [1.165, 1.54) is 0 Å². The van der Waals surface area contributed by atoms with E-state index in [4.69, 9.17) is 9.47 Å². The van der Waals surface area contributed by atoms with Crippen LogP contribution < -0.4 is 10.6 Å². The summed E-state index contributed by atoms with van der Waals surface area (Å²) >= 11 is 0. The number of nitrogens with one attached hydrogen (secondary N) is 2. The first kappa shape index (κ1) is 17.7. The molecular formula is C19H26N2O4. The fourth-order valence-electron chi connectivity index (χ4n) is 3.61. The zero-order valence-corrected chi connectivity index (χ0v) is 15.0. The lowest BCUT2D eigenvalue weighted by molar-refractivity contribution is -0.163. The van der Waals surface area contributed by atoms with Crippen LogP contribution in [0.5, 0.6) is 0 Å². The molecule has 6 nitrogen and oxygen atoms in total. The van der Waals surface area contributed by atoms with Crippen molar-refractivity contribution in [3.05, 3.63) is 35.9 Å². The van der Waals surface area contributed by atoms with E-state index in [1.54, 1.807) is 0 Å². The number of alkyl carbamates (subject to hydrolysis) is 1. The number of rotatable bonds is 4. The Morgan fingerprint density at radius 2 is 2.00 bits per heavy atom. The predicted molar refractivity (Wildman–Crippen MR) is 92.9 cm³/mol. The van der Waals surface area contributed by atoms with Crippen LogP contribution in [0, 0.1) is 0 Å². The van der Waals surface area contributed by atoms with Gasteiger partial charge in [-0.05, 0) is 45.6 Å². The average Bonchev–Trinajstić information content (AvgIpc) is 3.12. The number of esters is 1. The molecule has 1 aromatic carbocycles. The third-order valence-corrected chi connectivity index (χ3v) is 4.73. The summed E-state index contributed by atoms with van der Waals surface area (Å²) < 4.78 is 10.9. The van der Waals surface area contributed by atoms with Gasteiger partial charge in [-0.3, -0.25) is 5.32 Å². The van der Waals surface area contributed by atoms with Crippen LogP contribution >= 0.6 is 0 Å². The molecular weight excluding hydrogens is 320 g/mol. The highest BCUT2D eigenvalue weighted by molar-refractivity contribution is 5.85. The van der Waals surface area contributed by atoms with Crippen molar-refractivity contribution in [3.63, 3.8) is 0 Å². The van der Waals surface area contributed by atoms with Gasteiger partial charge in [-0.2, -0.15) is 0 Å². The fourth-order valence-corrected chi connectivity index (χ4v) is 3.61. The molecule has 0 unspecified atom stereocenters. The van der Waals surface area contributed by atoms with Gasteiger partial charge in [0.25, 0.3) is 0 Å². The largest absolute Gasteiger partial charge is 0.459 e. The molecule has 0 saturated carbocycles. The smallest absolute Gasteiger partial charge is 0.407 e. The van der Waals surface area contributed by atoms with Gasteiger partial charge in [-0.15, -0.1) is 0 Å². The van der Waals surface area contributed by atoms with E-state index in [1.807, 2.05) is 51.1 Å². The van der Waals surface area contributed by atoms with Crippen molar-refractivity contribution in [1.29, 1.82) is 0 Å². The van der Waals surface area contributed by atoms with E-state index in [9.17, 15) is 9.59 Å². The fraction of sp³-hybridized carbons (Fsp3) is 0.579. The summed E-state index contributed by atoms with van der Waals surface area (Å²) in [6.07, 6.45) is 1.78. The molecule has 2 N–H and O–H groups in total. The summed E-state index contributed by atoms with van der Waals surface area (Å²) in [5.74, 6) is -0.298. The third-order valence-electron chi connectivity index (χ3n) is 4.73. The highest BCUT2D eigenvalue weighted by Gasteiger charge is 2.59. The van der Waals surface area contributed by atoms with Crippen molar-refractivity contribution in [2.45, 2.75) is 69.9 Å². The van der Waals surface area contributed by atoms with Crippen LogP contribution in [0.25, 0.3) is 0 Å². The quantitative estimate of drug-likeness (QED) is 0.819. The van der Waals surface area contributed by atoms with E-state index in [0.29, 0.717) is 12.8 Å². The number of amides is 1. The molecule has 1 amide bonds. The normalized spacial score (nSPS) is 27.8. The standard InChI is InChI=1S/C19H26N2O4/c1-18(2,3)25-16(22)19-10-9-14(21-19)11-15(19)20-17(23)24-12-13-7-5-4-6-8-13/h4-8,14-15,21H,9-12H2,1-3H3,(H,20,23)/t14-,15+,19+/m0/s1. The highest BCUT2D eigenvalue weighted by atomic mass is 16.6. The molecule has 3 rings (SSSR count). The number of carbonyl (C=O) groups is 2. The number of hydrogen-bond acceptors (Lipinski definition) is 5. The number of ether oxygens (including phenoxy) is 2. The summed E-state index contributed by atoms with van der Waals surface area (Å²) in [7, 11) is 0. The Labute approximate surface area is 148 Å². The molecule has 136 valence electrons. The van der Waals surface area contributed by atoms with Crippen molar-refractivity contribution in [2.24, 2.45) is 0 Å². The Morgan fingerprint density at radius 3 is 2.64 bits per heavy atom. The van der Waals surface area contributed by atoms with Crippen molar-refractivity contribution >= 4 is 12.1 Å². The molecule has 0 radical (unpaired) electrons. The molecule has 2 saturated heterocycles. The minimum atomic E-state index is -0.844. The van der Waals surface area contributed by atoms with E-state index in [-0.39, 0.29) is 24.7 Å². The maximum Gasteiger partial charge on any atom is 0.407 e. The summed E-state index contributed by atoms with van der Waals surface area (Å²) in [6.45, 7) is 5.74. The molecule has 1 aromatic rings. The van der Waals surface area contributed by atoms with Crippen LogP contribution in [0.4, 0.5) is 4.79 Å². The SMILES string of the molecule is CC(C)(C)OC(=O)[C@@]12CC[C@@H](C[C@H]1NC(=O)OCc1ccccc1)N2. The second-order valence-corrected chi connectivity index (χ2v) is 7.85. The first-order chi connectivity index (χ1) is 11.8. The topological polar surface area (TPSA) is 76.7 Å². The van der Waals surface area contributed by atoms with Gasteiger partial charge in [-0.25, -0.2) is 9.59 Å². The second kappa shape index (κ2) is 6.67. The molecule has 25 heavy (non-hydrogen) atoms. The zero-order valence-electron chi connectivity index (χ0n) is 15.0. The van der Waals surface area contributed by atoms with Crippen molar-refractivity contribution in [2.75, 3.05) is 0 Å². The van der Waals surface area contributed by atoms with Gasteiger partial charge in [0, 0.05) is 6.04 Å². The van der Waals surface area contributed by atoms with E-state index >= 15 is 0 Å². The van der Waals surface area contributed by atoms with Gasteiger partial charge in [-0.1, -0.05) is 30.3 Å². The predicted octanol–water partition coefficient (Wildman–Crippen LogP) is 2.52. The van der Waals surface area contributed by atoms with Crippen molar-refractivity contribution in [3.8, 4) is 0 Å². The Balaban J connectivity index is 1.61. The molecule has 2 aliphatic rings. The van der Waals surface area contributed by atoms with Crippen molar-refractivity contribution < 1.29 is 19.1 Å². The van der Waals surface area contributed by atoms with E-state index in [2.05, 4.69) is 10.6 Å². The number of fused-ring (bicyclic) bond motifs is 2. The van der Waals surface area contributed by atoms with Crippen LogP contribution in [0.1, 0.15) is 45.6 Å². The van der Waals surface area contributed by atoms with Gasteiger partial charge < -0.3 is 14.8 Å². The lowest BCUT2D eigenvalue weighted by atomic mass is 9.83. The second-order valence-electron chi connectivity index (χ2n) is 7.85. The van der Waals surface area contributed by atoms with Gasteiger partial charge in [0.05, 0.1) is 6.04 Å². The minimum absolute atomic E-state index is 0.204. The van der Waals surface area contributed by atoms with Crippen LogP contribution in [0.15, 0.2) is 30.3 Å². The monoisotopic (exact) mass is 346 g/mol. The number of benzene rings is 1. The summed E-state index contributed by atoms with van der Waals surface area (Å²) in [6, 6.07) is 9.41. The van der Waals surface area contributed by atoms with Crippen LogP contribution in [0.2, 0.25) is 0 Å². The van der Waals surface area contributed by atoms with Crippen LogP contribution in [-0.4, -0.2) is 35.3 Å². The van der Waals surface area contributed by atoms with Crippen LogP contribution in [-0.2, 0) is 20.9 Å². The van der Waals surface area contributed by atoms with Gasteiger partial charge in [0.2, 0.25) is 0 Å². The number of hydrogen-bond donors (Lipinski definition) is 2. The van der Waals surface area contributed by atoms with Crippen molar-refractivity contribution in [1.82, 2.24) is 10.6 Å². The molecule has 0 aromatic heterocycles. The number of carbonyl (C=O) groups excluding carboxylic acids is 2. The molecule has 3 atom stereocenters. The summed E-state index contributed by atoms with van der Waals surface area (Å²) in [4.78, 5) is 24.9. The minimum Gasteiger partial charge on any atom is -0.459 e. The molecule has 2 aliphatic heterocycles. The molecule has 2 bridgehead atoms. The average molecular weight is 346 g/mol. The Morgan fingerprint density at radius 1 is 1.28 bits per heavy atom. The third kappa shape index (κ3) is 3.95. The first-order valence-corrected chi connectivity index (χ1v) is 8.77. The lowest BCUT2D eigenvalue weighted by Crippen LogP contribution is -2.60. The lowest BCUT2D eigenvalue weighted by Gasteiger charge is -2.34. The summed E-state index contributed by atoms with van der Waals surface area (Å²) in [5.41, 5.74) is -0.485. The van der Waals surface area contributed by atoms with Gasteiger partial charge in [0.1, 0.15) is 17.7 Å². The first-order valence-electron chi connectivity index (χ1n) is 8.77. The molecule has 0 spiro atoms. The maximum atomic E-state index is 12.7. The Bertz CT molecular complexity index is 641. The maximum absolute atomic E-state index is 12.7.